The highest BCUT2D eigenvalue weighted by molar-refractivity contribution is 7.12. The first-order valence-electron chi connectivity index (χ1n) is 6.85. The molecule has 5 heteroatoms. The minimum atomic E-state index is 0.0417. The van der Waals surface area contributed by atoms with E-state index in [-0.39, 0.29) is 5.91 Å². The number of carbonyl (C=O) groups is 1. The van der Waals surface area contributed by atoms with Gasteiger partial charge in [-0.25, -0.2) is 0 Å². The smallest absolute Gasteiger partial charge is 0.261 e. The molecule has 1 aliphatic rings. The Labute approximate surface area is 127 Å². The van der Waals surface area contributed by atoms with Gasteiger partial charge in [0, 0.05) is 30.6 Å². The summed E-state index contributed by atoms with van der Waals surface area (Å²) in [6.07, 6.45) is 1.14. The predicted molar refractivity (Wildman–Crippen MR) is 84.5 cm³/mol. The summed E-state index contributed by atoms with van der Waals surface area (Å²) in [7, 11) is 0. The van der Waals surface area contributed by atoms with Crippen molar-refractivity contribution < 1.29 is 4.79 Å². The van der Waals surface area contributed by atoms with Crippen LogP contribution in [0.4, 0.5) is 0 Å². The molecule has 20 heavy (non-hydrogen) atoms. The average molecular weight is 306 g/mol. The molecule has 3 nitrogen and oxygen atoms in total. The molecule has 1 amide bonds. The molecule has 2 aromatic heterocycles. The summed E-state index contributed by atoms with van der Waals surface area (Å²) >= 11 is 3.35. The fourth-order valence-corrected chi connectivity index (χ4v) is 4.04. The number of hydrogen-bond acceptors (Lipinski definition) is 4. The van der Waals surface area contributed by atoms with E-state index < -0.39 is 0 Å². The van der Waals surface area contributed by atoms with Gasteiger partial charge in [0.2, 0.25) is 0 Å². The Morgan fingerprint density at radius 3 is 3.10 bits per heavy atom. The number of rotatable bonds is 4. The van der Waals surface area contributed by atoms with Crippen molar-refractivity contribution in [2.75, 3.05) is 13.1 Å². The van der Waals surface area contributed by atoms with Crippen LogP contribution in [-0.2, 0) is 13.0 Å². The van der Waals surface area contributed by atoms with Crippen LogP contribution in [0.2, 0.25) is 0 Å². The van der Waals surface area contributed by atoms with Crippen LogP contribution in [0.5, 0.6) is 0 Å². The van der Waals surface area contributed by atoms with E-state index in [0.29, 0.717) is 12.6 Å². The van der Waals surface area contributed by atoms with Gasteiger partial charge in [0.1, 0.15) is 0 Å². The van der Waals surface area contributed by atoms with Crippen molar-refractivity contribution in [1.29, 1.82) is 0 Å². The van der Waals surface area contributed by atoms with Crippen LogP contribution < -0.4 is 5.32 Å². The van der Waals surface area contributed by atoms with Crippen molar-refractivity contribution >= 4 is 28.6 Å². The first-order chi connectivity index (χ1) is 9.74. The van der Waals surface area contributed by atoms with Crippen molar-refractivity contribution in [2.24, 2.45) is 0 Å². The molecule has 0 aliphatic carbocycles. The van der Waals surface area contributed by atoms with Crippen LogP contribution in [0.1, 0.15) is 27.0 Å². The summed E-state index contributed by atoms with van der Waals surface area (Å²) < 4.78 is 0. The highest BCUT2D eigenvalue weighted by Gasteiger charge is 2.21. The van der Waals surface area contributed by atoms with E-state index in [0.717, 1.165) is 24.4 Å². The van der Waals surface area contributed by atoms with Crippen LogP contribution in [0.25, 0.3) is 0 Å². The number of nitrogens with zero attached hydrogens (tertiary/aromatic N) is 1. The topological polar surface area (TPSA) is 32.3 Å². The Balaban J connectivity index is 1.53. The lowest BCUT2D eigenvalue weighted by Crippen LogP contribution is -2.44. The standard InChI is InChI=1S/C15H18N2OS2/c1-11(9-16-15(18)14-3-2-7-19-14)17-6-4-13-12(10-17)5-8-20-13/h2-3,5,7-8,11H,4,6,9-10H2,1H3,(H,16,18). The van der Waals surface area contributed by atoms with Gasteiger partial charge in [-0.1, -0.05) is 6.07 Å². The van der Waals surface area contributed by atoms with Crippen molar-refractivity contribution in [3.63, 3.8) is 0 Å². The molecule has 0 spiro atoms. The third-order valence-corrected chi connectivity index (χ3v) is 5.66. The molecule has 1 atom stereocenters. The summed E-state index contributed by atoms with van der Waals surface area (Å²) in [5.41, 5.74) is 1.46. The molecule has 0 bridgehead atoms. The van der Waals surface area contributed by atoms with Crippen molar-refractivity contribution in [1.82, 2.24) is 10.2 Å². The molecular weight excluding hydrogens is 288 g/mol. The zero-order valence-corrected chi connectivity index (χ0v) is 13.1. The quantitative estimate of drug-likeness (QED) is 0.942. The molecule has 0 radical (unpaired) electrons. The van der Waals surface area contributed by atoms with Gasteiger partial charge < -0.3 is 5.32 Å². The van der Waals surface area contributed by atoms with Crippen LogP contribution in [0.3, 0.4) is 0 Å². The summed E-state index contributed by atoms with van der Waals surface area (Å²) in [6, 6.07) is 6.37. The number of fused-ring (bicyclic) bond motifs is 1. The minimum absolute atomic E-state index is 0.0417. The Kier molecular flexibility index (Phi) is 4.19. The molecule has 106 valence electrons. The molecule has 3 rings (SSSR count). The lowest BCUT2D eigenvalue weighted by atomic mass is 10.1. The van der Waals surface area contributed by atoms with Gasteiger partial charge in [0.15, 0.2) is 0 Å². The molecular formula is C15H18N2OS2. The summed E-state index contributed by atoms with van der Waals surface area (Å²) in [5.74, 6) is 0.0417. The zero-order valence-electron chi connectivity index (χ0n) is 11.5. The Morgan fingerprint density at radius 2 is 2.30 bits per heavy atom. The van der Waals surface area contributed by atoms with Crippen molar-refractivity contribution in [3.8, 4) is 0 Å². The average Bonchev–Trinajstić information content (AvgIpc) is 3.13. The van der Waals surface area contributed by atoms with E-state index in [9.17, 15) is 4.79 Å². The lowest BCUT2D eigenvalue weighted by Gasteiger charge is -2.32. The monoisotopic (exact) mass is 306 g/mol. The molecule has 2 aromatic rings. The van der Waals surface area contributed by atoms with Crippen LogP contribution in [0, 0.1) is 0 Å². The van der Waals surface area contributed by atoms with Gasteiger partial charge in [-0.05, 0) is 41.8 Å². The van der Waals surface area contributed by atoms with E-state index in [4.69, 9.17) is 0 Å². The molecule has 3 heterocycles. The van der Waals surface area contributed by atoms with E-state index in [1.54, 1.807) is 0 Å². The van der Waals surface area contributed by atoms with E-state index in [1.165, 1.54) is 21.8 Å². The SMILES string of the molecule is CC(CNC(=O)c1cccs1)N1CCc2sccc2C1. The molecule has 0 saturated carbocycles. The van der Waals surface area contributed by atoms with Gasteiger partial charge in [-0.2, -0.15) is 0 Å². The molecule has 0 fully saturated rings. The zero-order chi connectivity index (χ0) is 13.9. The van der Waals surface area contributed by atoms with Crippen molar-refractivity contribution in [2.45, 2.75) is 25.9 Å². The van der Waals surface area contributed by atoms with Gasteiger partial charge in [-0.15, -0.1) is 22.7 Å². The number of nitrogens with one attached hydrogen (secondary N) is 1. The minimum Gasteiger partial charge on any atom is -0.350 e. The Bertz CT molecular complexity index is 576. The number of thiophene rings is 2. The molecule has 1 N–H and O–H groups in total. The third-order valence-electron chi connectivity index (χ3n) is 3.76. The van der Waals surface area contributed by atoms with E-state index in [2.05, 4.69) is 28.6 Å². The van der Waals surface area contributed by atoms with Crippen LogP contribution in [0.15, 0.2) is 29.0 Å². The molecule has 0 aromatic carbocycles. The largest absolute Gasteiger partial charge is 0.350 e. The normalized spacial score (nSPS) is 16.6. The summed E-state index contributed by atoms with van der Waals surface area (Å²) in [5, 5.41) is 7.14. The Hall–Kier alpha value is -1.17. The van der Waals surface area contributed by atoms with Gasteiger partial charge in [0.25, 0.3) is 5.91 Å². The third kappa shape index (κ3) is 2.95. The summed E-state index contributed by atoms with van der Waals surface area (Å²) in [4.78, 5) is 16.7. The molecule has 1 unspecified atom stereocenters. The van der Waals surface area contributed by atoms with E-state index in [1.807, 2.05) is 28.8 Å². The number of amides is 1. The highest BCUT2D eigenvalue weighted by atomic mass is 32.1. The van der Waals surface area contributed by atoms with Crippen LogP contribution in [-0.4, -0.2) is 29.9 Å². The number of hydrogen-bond donors (Lipinski definition) is 1. The maximum Gasteiger partial charge on any atom is 0.261 e. The maximum atomic E-state index is 11.9. The fraction of sp³-hybridized carbons (Fsp3) is 0.400. The maximum absolute atomic E-state index is 11.9. The number of carbonyl (C=O) groups excluding carboxylic acids is 1. The van der Waals surface area contributed by atoms with E-state index >= 15 is 0 Å². The van der Waals surface area contributed by atoms with Gasteiger partial charge >= 0.3 is 0 Å². The molecule has 1 aliphatic heterocycles. The second-order valence-electron chi connectivity index (χ2n) is 5.13. The summed E-state index contributed by atoms with van der Waals surface area (Å²) in [6.45, 7) is 4.99. The first-order valence-corrected chi connectivity index (χ1v) is 8.61. The Morgan fingerprint density at radius 1 is 1.40 bits per heavy atom. The fourth-order valence-electron chi connectivity index (χ4n) is 2.51. The second-order valence-corrected chi connectivity index (χ2v) is 7.07. The first kappa shape index (κ1) is 13.8. The highest BCUT2D eigenvalue weighted by Crippen LogP contribution is 2.24. The molecule has 0 saturated heterocycles. The lowest BCUT2D eigenvalue weighted by molar-refractivity contribution is 0.0937. The second kappa shape index (κ2) is 6.08. The predicted octanol–water partition coefficient (Wildman–Crippen LogP) is 2.99. The van der Waals surface area contributed by atoms with Crippen molar-refractivity contribution in [3.05, 3.63) is 44.3 Å². The van der Waals surface area contributed by atoms with Gasteiger partial charge in [0.05, 0.1) is 4.88 Å². The van der Waals surface area contributed by atoms with Crippen LogP contribution >= 0.6 is 22.7 Å². The van der Waals surface area contributed by atoms with Gasteiger partial charge in [-0.3, -0.25) is 9.69 Å².